The lowest BCUT2D eigenvalue weighted by Gasteiger charge is -2.14. The molecule has 0 spiro atoms. The summed E-state index contributed by atoms with van der Waals surface area (Å²) in [5.74, 6) is -0.625. The van der Waals surface area contributed by atoms with E-state index < -0.39 is 12.1 Å². The summed E-state index contributed by atoms with van der Waals surface area (Å²) in [5, 5.41) is 9.45. The molecule has 0 aliphatic heterocycles. The third-order valence-electron chi connectivity index (χ3n) is 1.52. The molecule has 0 saturated heterocycles. The molecule has 12 heavy (non-hydrogen) atoms. The Morgan fingerprint density at radius 2 is 2.08 bits per heavy atom. The summed E-state index contributed by atoms with van der Waals surface area (Å²) >= 11 is 0. The van der Waals surface area contributed by atoms with Crippen LogP contribution in [-0.4, -0.2) is 24.3 Å². The van der Waals surface area contributed by atoms with E-state index in [1.54, 1.807) is 13.8 Å². The first-order valence-corrected chi connectivity index (χ1v) is 3.70. The topological polar surface area (TPSA) is 46.5 Å². The Hall–Kier alpha value is -1.05. The van der Waals surface area contributed by atoms with Crippen LogP contribution in [0.15, 0.2) is 17.9 Å². The Morgan fingerprint density at radius 1 is 1.58 bits per heavy atom. The van der Waals surface area contributed by atoms with Crippen LogP contribution in [0.1, 0.15) is 13.8 Å². The van der Waals surface area contributed by atoms with Crippen molar-refractivity contribution in [2.45, 2.75) is 20.0 Å². The molecule has 3 nitrogen and oxygen atoms in total. The minimum absolute atomic E-state index is 0.0478. The maximum Gasteiger partial charge on any atom is 0.344 e. The predicted molar refractivity (Wildman–Crippen MR) is 45.5 cm³/mol. The highest BCUT2D eigenvalue weighted by Crippen LogP contribution is 2.11. The molecule has 1 unspecified atom stereocenters. The fraction of sp³-hybridized carbons (Fsp3) is 0.556. The molecule has 0 saturated carbocycles. The second-order valence-electron chi connectivity index (χ2n) is 2.77. The van der Waals surface area contributed by atoms with Crippen molar-refractivity contribution < 1.29 is 14.6 Å². The molecular weight excluding hydrogens is 156 g/mol. The third-order valence-corrected chi connectivity index (χ3v) is 1.52. The van der Waals surface area contributed by atoms with Crippen molar-refractivity contribution >= 4 is 5.97 Å². The maximum atomic E-state index is 11.0. The van der Waals surface area contributed by atoms with Crippen LogP contribution in [0.25, 0.3) is 0 Å². The monoisotopic (exact) mass is 170 g/mol. The van der Waals surface area contributed by atoms with Crippen LogP contribution in [0.3, 0.4) is 0 Å². The lowest BCUT2D eigenvalue weighted by atomic mass is 10.00. The van der Waals surface area contributed by atoms with Gasteiger partial charge in [-0.1, -0.05) is 20.4 Å². The van der Waals surface area contributed by atoms with Gasteiger partial charge >= 0.3 is 5.97 Å². The van der Waals surface area contributed by atoms with Gasteiger partial charge in [-0.2, -0.15) is 0 Å². The third kappa shape index (κ3) is 2.53. The molecule has 0 aromatic carbocycles. The summed E-state index contributed by atoms with van der Waals surface area (Å²) < 4.78 is 4.44. The molecule has 0 aliphatic rings. The molecule has 0 aliphatic carbocycles. The van der Waals surface area contributed by atoms with Gasteiger partial charge in [0, 0.05) is 0 Å². The van der Waals surface area contributed by atoms with Gasteiger partial charge in [-0.05, 0) is 5.92 Å². The zero-order valence-electron chi connectivity index (χ0n) is 7.63. The summed E-state index contributed by atoms with van der Waals surface area (Å²) in [6.45, 7) is 6.90. The summed E-state index contributed by atoms with van der Waals surface area (Å²) in [4.78, 5) is 11.0. The Morgan fingerprint density at radius 3 is 2.33 bits per heavy atom. The molecular formula is C9H14O3. The van der Waals surface area contributed by atoms with Gasteiger partial charge in [0.05, 0.1) is 13.2 Å². The normalized spacial score (nSPS) is 12.1. The molecule has 0 heterocycles. The lowest BCUT2D eigenvalue weighted by molar-refractivity contribution is -0.137. The van der Waals surface area contributed by atoms with Crippen LogP contribution < -0.4 is 0 Å². The Labute approximate surface area is 72.3 Å². The number of methoxy groups -OCH3 is 1. The molecule has 1 N–H and O–H groups in total. The van der Waals surface area contributed by atoms with E-state index in [1.807, 2.05) is 0 Å². The number of hydrogen-bond acceptors (Lipinski definition) is 3. The van der Waals surface area contributed by atoms with Crippen molar-refractivity contribution in [2.24, 2.45) is 5.92 Å². The van der Waals surface area contributed by atoms with Gasteiger partial charge in [-0.15, -0.1) is 5.73 Å². The molecule has 0 rings (SSSR count). The highest BCUT2D eigenvalue weighted by atomic mass is 16.5. The molecule has 1 atom stereocenters. The lowest BCUT2D eigenvalue weighted by Crippen LogP contribution is -2.23. The van der Waals surface area contributed by atoms with Crippen LogP contribution in [0.5, 0.6) is 0 Å². The molecule has 0 aromatic rings. The average Bonchev–Trinajstić information content (AvgIpc) is 2.05. The minimum Gasteiger partial charge on any atom is -0.465 e. The van der Waals surface area contributed by atoms with Crippen molar-refractivity contribution in [2.75, 3.05) is 7.11 Å². The van der Waals surface area contributed by atoms with Crippen molar-refractivity contribution in [1.29, 1.82) is 0 Å². The molecule has 0 fully saturated rings. The Balaban J connectivity index is 4.59. The average molecular weight is 170 g/mol. The van der Waals surface area contributed by atoms with E-state index in [4.69, 9.17) is 0 Å². The Kier molecular flexibility index (Phi) is 4.34. The smallest absolute Gasteiger partial charge is 0.344 e. The summed E-state index contributed by atoms with van der Waals surface area (Å²) in [6.07, 6.45) is -0.852. The number of carbonyl (C=O) groups is 1. The summed E-state index contributed by atoms with van der Waals surface area (Å²) in [6, 6.07) is 0. The summed E-state index contributed by atoms with van der Waals surface area (Å²) in [7, 11) is 1.26. The van der Waals surface area contributed by atoms with E-state index in [9.17, 15) is 9.90 Å². The molecule has 0 amide bonds. The summed E-state index contributed by atoms with van der Waals surface area (Å²) in [5.41, 5.74) is 2.47. The van der Waals surface area contributed by atoms with Gasteiger partial charge in [0.1, 0.15) is 5.57 Å². The van der Waals surface area contributed by atoms with Crippen LogP contribution in [0, 0.1) is 5.92 Å². The first kappa shape index (κ1) is 11.0. The maximum absolute atomic E-state index is 11.0. The molecule has 68 valence electrons. The molecule has 0 bridgehead atoms. The highest BCUT2D eigenvalue weighted by Gasteiger charge is 2.21. The number of aliphatic hydroxyl groups is 1. The fourth-order valence-corrected chi connectivity index (χ4v) is 0.741. The van der Waals surface area contributed by atoms with E-state index in [2.05, 4.69) is 17.0 Å². The van der Waals surface area contributed by atoms with E-state index in [0.29, 0.717) is 0 Å². The van der Waals surface area contributed by atoms with Crippen LogP contribution in [0.2, 0.25) is 0 Å². The highest BCUT2D eigenvalue weighted by molar-refractivity contribution is 5.89. The zero-order valence-corrected chi connectivity index (χ0v) is 7.63. The second kappa shape index (κ2) is 4.75. The predicted octanol–water partition coefficient (Wildman–Crippen LogP) is 0.888. The van der Waals surface area contributed by atoms with E-state index in [0.717, 1.165) is 0 Å². The van der Waals surface area contributed by atoms with E-state index in [1.165, 1.54) is 7.11 Å². The standard InChI is InChI=1S/C9H14O3/c1-5-7(9(11)12-4)8(10)6(2)3/h6,8,10H,1H2,2-4H3. The molecule has 0 radical (unpaired) electrons. The van der Waals surface area contributed by atoms with Gasteiger partial charge in [0.15, 0.2) is 0 Å². The zero-order chi connectivity index (χ0) is 9.72. The molecule has 3 heteroatoms. The van der Waals surface area contributed by atoms with Gasteiger partial charge in [0.25, 0.3) is 0 Å². The van der Waals surface area contributed by atoms with Crippen LogP contribution >= 0.6 is 0 Å². The SMILES string of the molecule is C=C=C(C(=O)OC)C(O)C(C)C. The quantitative estimate of drug-likeness (QED) is 0.388. The first-order chi connectivity index (χ1) is 5.54. The fourth-order valence-electron chi connectivity index (χ4n) is 0.741. The first-order valence-electron chi connectivity index (χ1n) is 3.70. The van der Waals surface area contributed by atoms with Crippen molar-refractivity contribution in [3.05, 3.63) is 17.9 Å². The van der Waals surface area contributed by atoms with Gasteiger partial charge in [0.2, 0.25) is 0 Å². The number of ether oxygens (including phenoxy) is 1. The van der Waals surface area contributed by atoms with Gasteiger partial charge < -0.3 is 9.84 Å². The van der Waals surface area contributed by atoms with Crippen molar-refractivity contribution in [3.63, 3.8) is 0 Å². The van der Waals surface area contributed by atoms with E-state index in [-0.39, 0.29) is 11.5 Å². The van der Waals surface area contributed by atoms with Gasteiger partial charge in [-0.25, -0.2) is 4.79 Å². The second-order valence-corrected chi connectivity index (χ2v) is 2.77. The van der Waals surface area contributed by atoms with Crippen molar-refractivity contribution in [1.82, 2.24) is 0 Å². The number of carbonyl (C=O) groups excluding carboxylic acids is 1. The van der Waals surface area contributed by atoms with Crippen LogP contribution in [-0.2, 0) is 9.53 Å². The largest absolute Gasteiger partial charge is 0.465 e. The number of rotatable bonds is 3. The number of aliphatic hydroxyl groups excluding tert-OH is 1. The number of hydrogen-bond donors (Lipinski definition) is 1. The van der Waals surface area contributed by atoms with Crippen LogP contribution in [0.4, 0.5) is 0 Å². The Bertz CT molecular complexity index is 212. The van der Waals surface area contributed by atoms with Crippen molar-refractivity contribution in [3.8, 4) is 0 Å². The van der Waals surface area contributed by atoms with Gasteiger partial charge in [-0.3, -0.25) is 0 Å². The molecule has 0 aromatic heterocycles. The minimum atomic E-state index is -0.852. The van der Waals surface area contributed by atoms with E-state index >= 15 is 0 Å². The number of esters is 1.